The van der Waals surface area contributed by atoms with E-state index < -0.39 is 0 Å². The molecule has 1 fully saturated rings. The molecule has 1 aliphatic heterocycles. The van der Waals surface area contributed by atoms with Gasteiger partial charge in [-0.1, -0.05) is 18.2 Å². The summed E-state index contributed by atoms with van der Waals surface area (Å²) >= 11 is 5.32. The number of nitrogens with one attached hydrogen (secondary N) is 1. The van der Waals surface area contributed by atoms with E-state index in [1.165, 1.54) is 0 Å². The lowest BCUT2D eigenvalue weighted by Gasteiger charge is -2.30. The number of nitrogens with zero attached hydrogens (tertiary/aromatic N) is 4. The highest BCUT2D eigenvalue weighted by atomic mass is 32.1. The summed E-state index contributed by atoms with van der Waals surface area (Å²) in [5, 5.41) is 7.46. The quantitative estimate of drug-likeness (QED) is 0.666. The number of likely N-dealkylation sites (tertiary alicyclic amines) is 1. The van der Waals surface area contributed by atoms with Crippen LogP contribution in [0.1, 0.15) is 12.8 Å². The van der Waals surface area contributed by atoms with Crippen molar-refractivity contribution in [3.05, 3.63) is 59.7 Å². The highest BCUT2D eigenvalue weighted by Gasteiger charge is 2.25. The third-order valence-corrected chi connectivity index (χ3v) is 5.16. The van der Waals surface area contributed by atoms with Crippen molar-refractivity contribution in [1.82, 2.24) is 19.7 Å². The Morgan fingerprint density at radius 1 is 1.14 bits per heavy atom. The first-order chi connectivity index (χ1) is 13.7. The molecule has 0 atom stereocenters. The second kappa shape index (κ2) is 8.45. The van der Waals surface area contributed by atoms with Gasteiger partial charge in [0.1, 0.15) is 0 Å². The Kier molecular flexibility index (Phi) is 5.59. The van der Waals surface area contributed by atoms with Gasteiger partial charge >= 0.3 is 0 Å². The Morgan fingerprint density at radius 2 is 1.86 bits per heavy atom. The van der Waals surface area contributed by atoms with Crippen molar-refractivity contribution in [3.8, 4) is 11.5 Å². The number of hydrogen-bond donors (Lipinski definition) is 1. The topological polar surface area (TPSA) is 76.2 Å². The summed E-state index contributed by atoms with van der Waals surface area (Å²) in [5.74, 6) is 0.599. The van der Waals surface area contributed by atoms with Crippen molar-refractivity contribution in [1.29, 1.82) is 0 Å². The van der Waals surface area contributed by atoms with Crippen LogP contribution < -0.4 is 5.32 Å². The first-order valence-electron chi connectivity index (χ1n) is 9.25. The van der Waals surface area contributed by atoms with Crippen LogP contribution in [0.4, 0.5) is 5.69 Å². The summed E-state index contributed by atoms with van der Waals surface area (Å²) in [6, 6.07) is 13.3. The number of amides is 1. The SMILES string of the molecule is O=C(Nc1ccncc1)C1CCN(Cn2nc(-c3ccccc3)oc2=S)CC1. The Hall–Kier alpha value is -2.84. The minimum atomic E-state index is 0.00887. The van der Waals surface area contributed by atoms with Crippen molar-refractivity contribution >= 4 is 23.8 Å². The molecule has 0 spiro atoms. The molecule has 0 saturated carbocycles. The predicted molar refractivity (Wildman–Crippen MR) is 108 cm³/mol. The zero-order chi connectivity index (χ0) is 19.3. The number of hydrogen-bond acceptors (Lipinski definition) is 6. The Bertz CT molecular complexity index is 979. The summed E-state index contributed by atoms with van der Waals surface area (Å²) in [7, 11) is 0. The second-order valence-corrected chi connectivity index (χ2v) is 7.15. The number of anilines is 1. The maximum Gasteiger partial charge on any atom is 0.288 e. The maximum atomic E-state index is 12.4. The van der Waals surface area contributed by atoms with Gasteiger partial charge in [0.25, 0.3) is 4.84 Å². The van der Waals surface area contributed by atoms with Crippen LogP contribution in [0, 0.1) is 10.8 Å². The third kappa shape index (κ3) is 4.35. The fourth-order valence-electron chi connectivity index (χ4n) is 3.30. The Balaban J connectivity index is 1.33. The molecular weight excluding hydrogens is 374 g/mol. The minimum Gasteiger partial charge on any atom is -0.409 e. The van der Waals surface area contributed by atoms with Gasteiger partial charge in [-0.15, -0.1) is 5.10 Å². The standard InChI is InChI=1S/C20H21N5O2S/c26-18(22-17-6-10-21-11-7-17)15-8-12-24(13-9-15)14-25-20(28)27-19(23-25)16-4-2-1-3-5-16/h1-7,10-11,15H,8-9,12-14H2,(H,21,22,26). The molecule has 3 heterocycles. The monoisotopic (exact) mass is 395 g/mol. The van der Waals surface area contributed by atoms with Gasteiger partial charge in [0.05, 0.1) is 6.67 Å². The number of rotatable bonds is 5. The van der Waals surface area contributed by atoms with Gasteiger partial charge in [-0.3, -0.25) is 14.7 Å². The molecule has 1 aliphatic rings. The molecule has 1 amide bonds. The summed E-state index contributed by atoms with van der Waals surface area (Å²) in [6.45, 7) is 2.18. The summed E-state index contributed by atoms with van der Waals surface area (Å²) < 4.78 is 7.34. The lowest BCUT2D eigenvalue weighted by atomic mass is 9.96. The predicted octanol–water partition coefficient (Wildman–Crippen LogP) is 3.58. The molecule has 1 N–H and O–H groups in total. The molecule has 8 heteroatoms. The van der Waals surface area contributed by atoms with Gasteiger partial charge in [-0.05, 0) is 49.3 Å². The van der Waals surface area contributed by atoms with E-state index in [0.29, 0.717) is 17.4 Å². The third-order valence-electron chi connectivity index (χ3n) is 4.87. The number of benzene rings is 1. The fraction of sp³-hybridized carbons (Fsp3) is 0.300. The average Bonchev–Trinajstić information content (AvgIpc) is 3.10. The van der Waals surface area contributed by atoms with Gasteiger partial charge in [-0.2, -0.15) is 0 Å². The van der Waals surface area contributed by atoms with E-state index in [0.717, 1.165) is 37.2 Å². The van der Waals surface area contributed by atoms with Crippen LogP contribution in [0.15, 0.2) is 59.3 Å². The highest BCUT2D eigenvalue weighted by Crippen LogP contribution is 2.21. The van der Waals surface area contributed by atoms with E-state index in [9.17, 15) is 4.79 Å². The molecule has 4 rings (SSSR count). The molecule has 144 valence electrons. The van der Waals surface area contributed by atoms with Gasteiger partial charge in [0.15, 0.2) is 0 Å². The maximum absolute atomic E-state index is 12.4. The van der Waals surface area contributed by atoms with Crippen LogP contribution in [0.2, 0.25) is 0 Å². The molecule has 0 radical (unpaired) electrons. The first-order valence-corrected chi connectivity index (χ1v) is 9.66. The first kappa shape index (κ1) is 18.5. The van der Waals surface area contributed by atoms with Crippen molar-refractivity contribution in [3.63, 3.8) is 0 Å². The van der Waals surface area contributed by atoms with Gasteiger partial charge in [0, 0.05) is 42.7 Å². The molecule has 0 bridgehead atoms. The number of aromatic nitrogens is 3. The van der Waals surface area contributed by atoms with Crippen LogP contribution in [0.3, 0.4) is 0 Å². The zero-order valence-electron chi connectivity index (χ0n) is 15.3. The number of carbonyl (C=O) groups excluding carboxylic acids is 1. The molecule has 28 heavy (non-hydrogen) atoms. The molecule has 0 aliphatic carbocycles. The van der Waals surface area contributed by atoms with E-state index in [1.807, 2.05) is 30.3 Å². The zero-order valence-corrected chi connectivity index (χ0v) is 16.1. The fourth-order valence-corrected chi connectivity index (χ4v) is 3.48. The molecule has 0 unspecified atom stereocenters. The lowest BCUT2D eigenvalue weighted by Crippen LogP contribution is -2.39. The molecule has 1 aromatic carbocycles. The molecular formula is C20H21N5O2S. The molecule has 3 aromatic rings. The Morgan fingerprint density at radius 3 is 2.57 bits per heavy atom. The van der Waals surface area contributed by atoms with Gasteiger partial charge in [0.2, 0.25) is 11.8 Å². The van der Waals surface area contributed by atoms with Gasteiger partial charge in [-0.25, -0.2) is 4.68 Å². The van der Waals surface area contributed by atoms with E-state index in [1.54, 1.807) is 29.2 Å². The van der Waals surface area contributed by atoms with E-state index >= 15 is 0 Å². The molecule has 7 nitrogen and oxygen atoms in total. The van der Waals surface area contributed by atoms with Crippen molar-refractivity contribution < 1.29 is 9.21 Å². The smallest absolute Gasteiger partial charge is 0.288 e. The van der Waals surface area contributed by atoms with Crippen LogP contribution in [-0.2, 0) is 11.5 Å². The summed E-state index contributed by atoms with van der Waals surface area (Å²) in [4.78, 5) is 19.0. The average molecular weight is 395 g/mol. The minimum absolute atomic E-state index is 0.00887. The van der Waals surface area contributed by atoms with E-state index in [-0.39, 0.29) is 11.8 Å². The lowest BCUT2D eigenvalue weighted by molar-refractivity contribution is -0.121. The molecule has 2 aromatic heterocycles. The highest BCUT2D eigenvalue weighted by molar-refractivity contribution is 7.71. The van der Waals surface area contributed by atoms with Crippen LogP contribution >= 0.6 is 12.2 Å². The van der Waals surface area contributed by atoms with Crippen LogP contribution in [-0.4, -0.2) is 38.7 Å². The normalized spacial score (nSPS) is 15.4. The number of piperidine rings is 1. The van der Waals surface area contributed by atoms with Crippen molar-refractivity contribution in [2.45, 2.75) is 19.5 Å². The summed E-state index contributed by atoms with van der Waals surface area (Å²) in [6.07, 6.45) is 4.94. The van der Waals surface area contributed by atoms with Crippen LogP contribution in [0.25, 0.3) is 11.5 Å². The van der Waals surface area contributed by atoms with E-state index in [2.05, 4.69) is 20.3 Å². The molecule has 1 saturated heterocycles. The summed E-state index contributed by atoms with van der Waals surface area (Å²) in [5.41, 5.74) is 1.68. The second-order valence-electron chi connectivity index (χ2n) is 6.80. The van der Waals surface area contributed by atoms with Crippen LogP contribution in [0.5, 0.6) is 0 Å². The van der Waals surface area contributed by atoms with Crippen molar-refractivity contribution in [2.75, 3.05) is 18.4 Å². The van der Waals surface area contributed by atoms with E-state index in [4.69, 9.17) is 16.6 Å². The number of pyridine rings is 1. The Labute approximate surface area is 168 Å². The van der Waals surface area contributed by atoms with Gasteiger partial charge < -0.3 is 9.73 Å². The largest absolute Gasteiger partial charge is 0.409 e. The van der Waals surface area contributed by atoms with Crippen molar-refractivity contribution in [2.24, 2.45) is 5.92 Å². The number of carbonyl (C=O) groups is 1.